The van der Waals surface area contributed by atoms with Crippen LogP contribution >= 0.6 is 0 Å². The second kappa shape index (κ2) is 5.81. The van der Waals surface area contributed by atoms with E-state index in [1.165, 1.54) is 24.3 Å². The van der Waals surface area contributed by atoms with E-state index in [9.17, 15) is 9.18 Å². The molecular weight excluding hydrogens is 228 g/mol. The first kappa shape index (κ1) is 14.4. The van der Waals surface area contributed by atoms with Gasteiger partial charge >= 0.3 is 24.8 Å². The molecule has 0 atom stereocenters. The van der Waals surface area contributed by atoms with E-state index < -0.39 is 5.97 Å². The van der Waals surface area contributed by atoms with Gasteiger partial charge in [0.25, 0.3) is 0 Å². The number of carboxylic acids is 1. The first-order valence-corrected chi connectivity index (χ1v) is 5.05. The van der Waals surface area contributed by atoms with Crippen LogP contribution in [0.3, 0.4) is 0 Å². The number of aryl methyl sites for hydroxylation is 1. The standard InChI is InChI=1S/C13H10FNO2.Li.H/c1-8-2-7-11(12(15-8)13(16)17)9-3-5-10(14)6-4-9;;/h2-7H,1H3,(H,16,17);;/q;+1;-1. The number of pyridine rings is 1. The van der Waals surface area contributed by atoms with E-state index in [1.54, 1.807) is 19.1 Å². The number of aromatic nitrogens is 1. The number of hydrogen-bond donors (Lipinski definition) is 1. The number of aromatic carboxylic acids is 1. The normalized spacial score (nSPS) is 9.67. The Balaban J connectivity index is 0.00000162. The average Bonchev–Trinajstić information content (AvgIpc) is 2.30. The number of carboxylic acid groups (broad SMARTS) is 1. The van der Waals surface area contributed by atoms with Crippen LogP contribution in [0, 0.1) is 12.7 Å². The van der Waals surface area contributed by atoms with Crippen molar-refractivity contribution in [3.63, 3.8) is 0 Å². The minimum Gasteiger partial charge on any atom is -1.00 e. The summed E-state index contributed by atoms with van der Waals surface area (Å²) in [7, 11) is 0. The maximum Gasteiger partial charge on any atom is 1.00 e. The molecule has 0 aliphatic heterocycles. The zero-order valence-electron chi connectivity index (χ0n) is 11.1. The van der Waals surface area contributed by atoms with Crippen LogP contribution in [0.15, 0.2) is 36.4 Å². The van der Waals surface area contributed by atoms with Gasteiger partial charge in [0.1, 0.15) is 5.82 Å². The molecule has 2 aromatic rings. The summed E-state index contributed by atoms with van der Waals surface area (Å²) in [6, 6.07) is 9.06. The molecule has 0 aliphatic rings. The molecule has 0 saturated carbocycles. The Labute approximate surface area is 117 Å². The molecule has 2 rings (SSSR count). The van der Waals surface area contributed by atoms with E-state index in [2.05, 4.69) is 4.98 Å². The molecule has 0 fully saturated rings. The van der Waals surface area contributed by atoms with Crippen molar-refractivity contribution in [3.8, 4) is 11.1 Å². The van der Waals surface area contributed by atoms with E-state index >= 15 is 0 Å². The van der Waals surface area contributed by atoms with Crippen molar-refractivity contribution in [1.82, 2.24) is 4.98 Å². The van der Waals surface area contributed by atoms with Crippen LogP contribution in [0.2, 0.25) is 0 Å². The molecular formula is C13H11FLiNO2. The monoisotopic (exact) mass is 239 g/mol. The summed E-state index contributed by atoms with van der Waals surface area (Å²) < 4.78 is 12.8. The maximum atomic E-state index is 12.8. The Bertz CT molecular complexity index is 575. The molecule has 18 heavy (non-hydrogen) atoms. The zero-order chi connectivity index (χ0) is 12.4. The fraction of sp³-hybridized carbons (Fsp3) is 0.0769. The molecule has 0 radical (unpaired) electrons. The molecule has 88 valence electrons. The molecule has 1 heterocycles. The van der Waals surface area contributed by atoms with Crippen molar-refractivity contribution in [2.45, 2.75) is 6.92 Å². The van der Waals surface area contributed by atoms with Crippen molar-refractivity contribution >= 4 is 5.97 Å². The fourth-order valence-corrected chi connectivity index (χ4v) is 1.58. The second-order valence-corrected chi connectivity index (χ2v) is 3.66. The molecule has 1 N–H and O–H groups in total. The molecule has 1 aromatic heterocycles. The van der Waals surface area contributed by atoms with Gasteiger partial charge in [0.15, 0.2) is 5.69 Å². The number of halogens is 1. The van der Waals surface area contributed by atoms with Gasteiger partial charge in [-0.25, -0.2) is 14.2 Å². The third-order valence-corrected chi connectivity index (χ3v) is 2.39. The van der Waals surface area contributed by atoms with Crippen LogP contribution in [0.4, 0.5) is 4.39 Å². The van der Waals surface area contributed by atoms with Gasteiger partial charge in [0, 0.05) is 11.3 Å². The van der Waals surface area contributed by atoms with Crippen LogP contribution < -0.4 is 18.9 Å². The molecule has 0 spiro atoms. The molecule has 3 nitrogen and oxygen atoms in total. The Kier molecular flexibility index (Phi) is 4.66. The van der Waals surface area contributed by atoms with Gasteiger partial charge < -0.3 is 6.53 Å². The van der Waals surface area contributed by atoms with E-state index in [4.69, 9.17) is 5.11 Å². The van der Waals surface area contributed by atoms with E-state index in [1.807, 2.05) is 0 Å². The number of nitrogens with zero attached hydrogens (tertiary/aromatic N) is 1. The largest absolute Gasteiger partial charge is 1.00 e. The van der Waals surface area contributed by atoms with Crippen LogP contribution in [0.5, 0.6) is 0 Å². The summed E-state index contributed by atoms with van der Waals surface area (Å²) in [5, 5.41) is 9.07. The third kappa shape index (κ3) is 2.98. The molecule has 0 amide bonds. The maximum absolute atomic E-state index is 12.8. The van der Waals surface area contributed by atoms with Gasteiger partial charge in [-0.05, 0) is 30.7 Å². The number of hydrogen-bond acceptors (Lipinski definition) is 2. The Morgan fingerprint density at radius 1 is 1.22 bits per heavy atom. The first-order chi connectivity index (χ1) is 8.08. The quantitative estimate of drug-likeness (QED) is 0.751. The summed E-state index contributed by atoms with van der Waals surface area (Å²) in [5.41, 5.74) is 1.74. The third-order valence-electron chi connectivity index (χ3n) is 2.39. The molecule has 0 aliphatic carbocycles. The minimum absolute atomic E-state index is 0. The van der Waals surface area contributed by atoms with Crippen LogP contribution in [0.1, 0.15) is 17.6 Å². The van der Waals surface area contributed by atoms with Crippen molar-refractivity contribution in [2.75, 3.05) is 0 Å². The van der Waals surface area contributed by atoms with Gasteiger partial charge in [-0.2, -0.15) is 0 Å². The molecule has 0 unspecified atom stereocenters. The number of benzene rings is 1. The number of carbonyl (C=O) groups is 1. The molecule has 1 aromatic carbocycles. The van der Waals surface area contributed by atoms with Gasteiger partial charge in [0.2, 0.25) is 0 Å². The van der Waals surface area contributed by atoms with Gasteiger partial charge in [-0.15, -0.1) is 0 Å². The predicted octanol–water partition coefficient (Wildman–Crippen LogP) is 0.0108. The average molecular weight is 239 g/mol. The smallest absolute Gasteiger partial charge is 1.00 e. The summed E-state index contributed by atoms with van der Waals surface area (Å²) in [4.78, 5) is 15.1. The number of rotatable bonds is 2. The summed E-state index contributed by atoms with van der Waals surface area (Å²) in [5.74, 6) is -1.45. The zero-order valence-corrected chi connectivity index (χ0v) is 10.1. The van der Waals surface area contributed by atoms with E-state index in [0.717, 1.165) is 0 Å². The van der Waals surface area contributed by atoms with E-state index in [-0.39, 0.29) is 31.8 Å². The van der Waals surface area contributed by atoms with Crippen LogP contribution in [-0.4, -0.2) is 16.1 Å². The Morgan fingerprint density at radius 3 is 2.39 bits per heavy atom. The van der Waals surface area contributed by atoms with Gasteiger partial charge in [-0.1, -0.05) is 18.2 Å². The predicted molar refractivity (Wildman–Crippen MR) is 62.4 cm³/mol. The molecule has 0 bridgehead atoms. The van der Waals surface area contributed by atoms with E-state index in [0.29, 0.717) is 16.8 Å². The van der Waals surface area contributed by atoms with Crippen molar-refractivity contribution in [3.05, 3.63) is 53.6 Å². The van der Waals surface area contributed by atoms with Crippen LogP contribution in [-0.2, 0) is 0 Å². The Hall–Kier alpha value is -1.63. The minimum atomic E-state index is -1.09. The van der Waals surface area contributed by atoms with Crippen LogP contribution in [0.25, 0.3) is 11.1 Å². The first-order valence-electron chi connectivity index (χ1n) is 5.05. The summed E-state index contributed by atoms with van der Waals surface area (Å²) in [6.07, 6.45) is 0. The van der Waals surface area contributed by atoms with Crippen molar-refractivity contribution in [1.29, 1.82) is 0 Å². The topological polar surface area (TPSA) is 50.2 Å². The Morgan fingerprint density at radius 2 is 1.83 bits per heavy atom. The summed E-state index contributed by atoms with van der Waals surface area (Å²) >= 11 is 0. The fourth-order valence-electron chi connectivity index (χ4n) is 1.58. The van der Waals surface area contributed by atoms with Crippen molar-refractivity contribution in [2.24, 2.45) is 0 Å². The summed E-state index contributed by atoms with van der Waals surface area (Å²) in [6.45, 7) is 1.72. The molecule has 5 heteroatoms. The SMILES string of the molecule is Cc1ccc(-c2ccc(F)cc2)c(C(=O)O)n1.[H-].[Li+]. The second-order valence-electron chi connectivity index (χ2n) is 3.66. The van der Waals surface area contributed by atoms with Gasteiger partial charge in [-0.3, -0.25) is 0 Å². The van der Waals surface area contributed by atoms with Gasteiger partial charge in [0.05, 0.1) is 0 Å². The molecule has 0 saturated heterocycles. The van der Waals surface area contributed by atoms with Crippen molar-refractivity contribution < 1.29 is 34.6 Å².